The van der Waals surface area contributed by atoms with Crippen LogP contribution < -0.4 is 5.32 Å². The topological polar surface area (TPSA) is 74.4 Å². The van der Waals surface area contributed by atoms with E-state index in [1.165, 1.54) is 12.1 Å². The van der Waals surface area contributed by atoms with Gasteiger partial charge < -0.3 is 19.9 Å². The summed E-state index contributed by atoms with van der Waals surface area (Å²) in [7, 11) is 0. The lowest BCUT2D eigenvalue weighted by Gasteiger charge is -2.27. The van der Waals surface area contributed by atoms with Gasteiger partial charge in [0.25, 0.3) is 11.8 Å². The van der Waals surface area contributed by atoms with Gasteiger partial charge in [-0.2, -0.15) is 0 Å². The normalized spacial score (nSPS) is 21.0. The van der Waals surface area contributed by atoms with Crippen LogP contribution in [-0.4, -0.2) is 48.0 Å². The maximum Gasteiger partial charge on any atom is 0.256 e. The van der Waals surface area contributed by atoms with Crippen molar-refractivity contribution in [1.82, 2.24) is 9.88 Å². The third-order valence-corrected chi connectivity index (χ3v) is 5.99. The summed E-state index contributed by atoms with van der Waals surface area (Å²) < 4.78 is 19.2. The number of aryl methyl sites for hydroxylation is 1. The minimum Gasteiger partial charge on any atom is -0.378 e. The number of hydrogen-bond donors (Lipinski definition) is 2. The Hall–Kier alpha value is -2.93. The summed E-state index contributed by atoms with van der Waals surface area (Å²) in [5.41, 5.74) is 5.90. The highest BCUT2D eigenvalue weighted by molar-refractivity contribution is 6.36. The monoisotopic (exact) mass is 395 g/mol. The first-order valence-corrected chi connectivity index (χ1v) is 9.98. The molecule has 6 nitrogen and oxygen atoms in total. The molecule has 1 aromatic carbocycles. The highest BCUT2D eigenvalue weighted by Crippen LogP contribution is 2.43. The van der Waals surface area contributed by atoms with E-state index in [2.05, 4.69) is 10.3 Å². The molecule has 1 aromatic heterocycles. The number of halogens is 1. The number of benzene rings is 1. The molecule has 5 rings (SSSR count). The molecular formula is C22H22FN3O3. The predicted molar refractivity (Wildman–Crippen MR) is 107 cm³/mol. The molecule has 2 aromatic rings. The van der Waals surface area contributed by atoms with Gasteiger partial charge in [-0.1, -0.05) is 0 Å². The summed E-state index contributed by atoms with van der Waals surface area (Å²) in [6.45, 7) is 4.17. The maximum absolute atomic E-state index is 13.9. The molecule has 1 fully saturated rings. The van der Waals surface area contributed by atoms with Gasteiger partial charge in [-0.3, -0.25) is 9.59 Å². The Kier molecular flexibility index (Phi) is 4.28. The van der Waals surface area contributed by atoms with Crippen LogP contribution in [0.25, 0.3) is 11.1 Å². The Morgan fingerprint density at radius 1 is 1.21 bits per heavy atom. The Labute approximate surface area is 167 Å². The number of aromatic amines is 1. The van der Waals surface area contributed by atoms with Crippen LogP contribution in [0.15, 0.2) is 18.2 Å². The molecule has 0 saturated carbocycles. The van der Waals surface area contributed by atoms with Gasteiger partial charge in [0.1, 0.15) is 5.82 Å². The van der Waals surface area contributed by atoms with Crippen LogP contribution >= 0.6 is 0 Å². The molecule has 0 atom stereocenters. The zero-order chi connectivity index (χ0) is 20.1. The second-order valence-electron chi connectivity index (χ2n) is 7.73. The number of carbonyl (C=O) groups excluding carboxylic acids is 2. The second kappa shape index (κ2) is 6.84. The number of anilines is 1. The van der Waals surface area contributed by atoms with E-state index in [1.807, 2.05) is 11.8 Å². The number of aromatic nitrogens is 1. The first-order chi connectivity index (χ1) is 14.0. The van der Waals surface area contributed by atoms with Crippen LogP contribution in [0.5, 0.6) is 0 Å². The molecule has 3 heterocycles. The smallest absolute Gasteiger partial charge is 0.256 e. The van der Waals surface area contributed by atoms with Crippen LogP contribution in [0, 0.1) is 12.7 Å². The first kappa shape index (κ1) is 18.1. The number of nitrogens with one attached hydrogen (secondary N) is 2. The van der Waals surface area contributed by atoms with E-state index in [1.54, 1.807) is 6.07 Å². The lowest BCUT2D eigenvalue weighted by Crippen LogP contribution is -2.41. The maximum atomic E-state index is 13.9. The highest BCUT2D eigenvalue weighted by Gasteiger charge is 2.34. The lowest BCUT2D eigenvalue weighted by atomic mass is 9.86. The zero-order valence-electron chi connectivity index (χ0n) is 16.2. The number of morpholine rings is 1. The number of allylic oxidation sites excluding steroid dienone is 1. The van der Waals surface area contributed by atoms with Crippen molar-refractivity contribution in [2.45, 2.75) is 26.2 Å². The predicted octanol–water partition coefficient (Wildman–Crippen LogP) is 3.13. The van der Waals surface area contributed by atoms with Gasteiger partial charge in [-0.25, -0.2) is 4.39 Å². The average molecular weight is 395 g/mol. The van der Waals surface area contributed by atoms with Crippen molar-refractivity contribution in [2.75, 3.05) is 31.6 Å². The van der Waals surface area contributed by atoms with E-state index in [4.69, 9.17) is 4.74 Å². The molecule has 1 saturated heterocycles. The molecule has 3 aliphatic rings. The van der Waals surface area contributed by atoms with Crippen LogP contribution in [-0.2, 0) is 16.0 Å². The van der Waals surface area contributed by atoms with Gasteiger partial charge in [0.15, 0.2) is 0 Å². The van der Waals surface area contributed by atoms with Crippen LogP contribution in [0.2, 0.25) is 0 Å². The number of ether oxygens (including phenoxy) is 1. The molecule has 7 heteroatoms. The molecular weight excluding hydrogens is 373 g/mol. The number of hydrogen-bond acceptors (Lipinski definition) is 3. The SMILES string of the molecule is Cc1[nH]c2c(c1C(=O)N1CCOCC1)CCC/C2=C1/C(=O)Nc2ccc(F)cc21. The Morgan fingerprint density at radius 2 is 2.00 bits per heavy atom. The standard InChI is InChI=1S/C22H22FN3O3/c1-12-18(22(28)26-7-9-29-10-8-26)14-3-2-4-15(20(14)24-12)19-16-11-13(23)5-6-17(16)25-21(19)27/h5-6,11,24H,2-4,7-10H2,1H3,(H,25,27)/b19-15-. The van der Waals surface area contributed by atoms with E-state index in [0.29, 0.717) is 55.1 Å². The molecule has 0 spiro atoms. The van der Waals surface area contributed by atoms with Crippen LogP contribution in [0.4, 0.5) is 10.1 Å². The van der Waals surface area contributed by atoms with Gasteiger partial charge in [0.2, 0.25) is 0 Å². The van der Waals surface area contributed by atoms with Crippen molar-refractivity contribution >= 4 is 28.6 Å². The molecule has 2 amide bonds. The number of nitrogens with zero attached hydrogens (tertiary/aromatic N) is 1. The third kappa shape index (κ3) is 2.88. The first-order valence-electron chi connectivity index (χ1n) is 9.98. The number of fused-ring (bicyclic) bond motifs is 2. The van der Waals surface area contributed by atoms with Crippen molar-refractivity contribution in [3.63, 3.8) is 0 Å². The van der Waals surface area contributed by atoms with Crippen molar-refractivity contribution in [3.05, 3.63) is 52.1 Å². The van der Waals surface area contributed by atoms with Crippen molar-refractivity contribution < 1.29 is 18.7 Å². The van der Waals surface area contributed by atoms with Gasteiger partial charge in [-0.15, -0.1) is 0 Å². The molecule has 2 N–H and O–H groups in total. The van der Waals surface area contributed by atoms with Crippen molar-refractivity contribution in [1.29, 1.82) is 0 Å². The summed E-state index contributed by atoms with van der Waals surface area (Å²) in [5, 5.41) is 2.83. The Balaban J connectivity index is 1.63. The van der Waals surface area contributed by atoms with Crippen molar-refractivity contribution in [3.8, 4) is 0 Å². The number of carbonyl (C=O) groups is 2. The fourth-order valence-electron chi connectivity index (χ4n) is 4.65. The number of amides is 2. The summed E-state index contributed by atoms with van der Waals surface area (Å²) >= 11 is 0. The third-order valence-electron chi connectivity index (χ3n) is 5.99. The second-order valence-corrected chi connectivity index (χ2v) is 7.73. The summed E-state index contributed by atoms with van der Waals surface area (Å²) in [6.07, 6.45) is 2.32. The van der Waals surface area contributed by atoms with E-state index in [-0.39, 0.29) is 17.6 Å². The van der Waals surface area contributed by atoms with E-state index >= 15 is 0 Å². The molecule has 1 aliphatic carbocycles. The minimum absolute atomic E-state index is 0.0110. The molecule has 2 aliphatic heterocycles. The van der Waals surface area contributed by atoms with Crippen LogP contribution in [0.3, 0.4) is 0 Å². The number of H-pyrrole nitrogens is 1. The van der Waals surface area contributed by atoms with E-state index in [0.717, 1.165) is 35.4 Å². The summed E-state index contributed by atoms with van der Waals surface area (Å²) in [4.78, 5) is 31.1. The largest absolute Gasteiger partial charge is 0.378 e. The number of rotatable bonds is 1. The molecule has 0 bridgehead atoms. The summed E-state index contributed by atoms with van der Waals surface area (Å²) in [5.74, 6) is -0.584. The van der Waals surface area contributed by atoms with E-state index < -0.39 is 0 Å². The average Bonchev–Trinajstić information content (AvgIpc) is 3.23. The van der Waals surface area contributed by atoms with Crippen molar-refractivity contribution in [2.24, 2.45) is 0 Å². The van der Waals surface area contributed by atoms with Gasteiger partial charge >= 0.3 is 0 Å². The minimum atomic E-state index is -0.375. The molecule has 0 unspecified atom stereocenters. The Morgan fingerprint density at radius 3 is 2.79 bits per heavy atom. The molecule has 150 valence electrons. The fourth-order valence-corrected chi connectivity index (χ4v) is 4.65. The molecule has 0 radical (unpaired) electrons. The summed E-state index contributed by atoms with van der Waals surface area (Å²) in [6, 6.07) is 4.34. The quantitative estimate of drug-likeness (QED) is 0.729. The van der Waals surface area contributed by atoms with Crippen LogP contribution in [0.1, 0.15) is 45.7 Å². The van der Waals surface area contributed by atoms with Gasteiger partial charge in [0.05, 0.1) is 24.4 Å². The lowest BCUT2D eigenvalue weighted by molar-refractivity contribution is -0.110. The van der Waals surface area contributed by atoms with Gasteiger partial charge in [0, 0.05) is 35.7 Å². The fraction of sp³-hybridized carbons (Fsp3) is 0.364. The van der Waals surface area contributed by atoms with E-state index in [9.17, 15) is 14.0 Å². The Bertz CT molecular complexity index is 1060. The molecule has 29 heavy (non-hydrogen) atoms. The van der Waals surface area contributed by atoms with Gasteiger partial charge in [-0.05, 0) is 55.5 Å². The zero-order valence-corrected chi connectivity index (χ0v) is 16.2. The highest BCUT2D eigenvalue weighted by atomic mass is 19.1.